The minimum Gasteiger partial charge on any atom is -0.481 e. The predicted molar refractivity (Wildman–Crippen MR) is 190 cm³/mol. The van der Waals surface area contributed by atoms with Gasteiger partial charge in [-0.15, -0.1) is 0 Å². The zero-order chi connectivity index (χ0) is 36.8. The molecule has 5 aliphatic rings. The molecule has 0 bridgehead atoms. The van der Waals surface area contributed by atoms with Crippen molar-refractivity contribution in [1.82, 2.24) is 0 Å². The summed E-state index contributed by atoms with van der Waals surface area (Å²) in [7, 11) is 0. The minimum atomic E-state index is -1.18. The van der Waals surface area contributed by atoms with Crippen LogP contribution in [0.25, 0.3) is 0 Å². The fourth-order valence-electron chi connectivity index (χ4n) is 12.4. The molecule has 0 radical (unpaired) electrons. The first kappa shape index (κ1) is 36.8. The number of benzene rings is 1. The summed E-state index contributed by atoms with van der Waals surface area (Å²) in [5.74, 6) is -1.27. The number of allylic oxidation sites excluding steroid dienone is 1. The van der Waals surface area contributed by atoms with Gasteiger partial charge >= 0.3 is 11.9 Å². The molecular formula is C42H58FNO6. The SMILES string of the molecule is CC(C)C1C(=O)C[C@]2(C(=O)Nc3ccc(F)cc3)CC[C@]3(C)C(=C12)CCC1[C@@]2(C)CC[C@H](OC(=O)CC(C)(C)C(=O)O)C(C)(C)C2CC[C@]13C. The molecule has 0 aromatic heterocycles. The molecule has 1 aromatic carbocycles. The Morgan fingerprint density at radius 1 is 0.960 bits per heavy atom. The number of carbonyl (C=O) groups excluding carboxylic acids is 3. The Hall–Kier alpha value is -3.03. The zero-order valence-electron chi connectivity index (χ0n) is 31.6. The number of carboxylic acids is 1. The molecule has 0 aliphatic heterocycles. The summed E-state index contributed by atoms with van der Waals surface area (Å²) in [5, 5.41) is 12.7. The lowest BCUT2D eigenvalue weighted by molar-refractivity contribution is -0.214. The van der Waals surface area contributed by atoms with E-state index in [1.165, 1.54) is 17.7 Å². The first-order valence-electron chi connectivity index (χ1n) is 18.9. The van der Waals surface area contributed by atoms with Gasteiger partial charge in [0.15, 0.2) is 0 Å². The number of carboxylic acid groups (broad SMARTS) is 1. The van der Waals surface area contributed by atoms with Gasteiger partial charge in [0.1, 0.15) is 17.7 Å². The smallest absolute Gasteiger partial charge is 0.309 e. The van der Waals surface area contributed by atoms with E-state index in [9.17, 15) is 28.7 Å². The van der Waals surface area contributed by atoms with Gasteiger partial charge < -0.3 is 15.2 Å². The van der Waals surface area contributed by atoms with Crippen molar-refractivity contribution in [3.63, 3.8) is 0 Å². The summed E-state index contributed by atoms with van der Waals surface area (Å²) in [6.45, 7) is 19.2. The van der Waals surface area contributed by atoms with Crippen molar-refractivity contribution in [1.29, 1.82) is 0 Å². The van der Waals surface area contributed by atoms with Crippen LogP contribution in [0.4, 0.5) is 10.1 Å². The molecule has 0 saturated heterocycles. The van der Waals surface area contributed by atoms with Crippen molar-refractivity contribution in [3.05, 3.63) is 41.2 Å². The number of anilines is 1. The standard InChI is InChI=1S/C42H58FNO6/c1-24(2)33-28(45)22-42(35(47)44-26-12-10-25(43)11-13-26)21-20-40(8)27(34(33)42)14-15-30-39(7)18-17-31(50-32(46)23-37(3,4)36(48)49)38(5,6)29(39)16-19-41(30,40)9/h10-13,24,29-31,33H,14-23H2,1-9H3,(H,44,47)(H,48,49)/t29?,30?,31-,33?,39-,40+,41+,42+/m0/s1. The maximum absolute atomic E-state index is 14.4. The second-order valence-corrected chi connectivity index (χ2v) is 18.9. The molecule has 4 fully saturated rings. The number of esters is 1. The molecule has 0 spiro atoms. The number of ketones is 1. The normalized spacial score (nSPS) is 37.7. The van der Waals surface area contributed by atoms with Crippen LogP contribution in [0.2, 0.25) is 0 Å². The Morgan fingerprint density at radius 3 is 2.24 bits per heavy atom. The van der Waals surface area contributed by atoms with E-state index in [0.717, 1.165) is 50.5 Å². The summed E-state index contributed by atoms with van der Waals surface area (Å²) >= 11 is 0. The van der Waals surface area contributed by atoms with E-state index in [1.807, 2.05) is 0 Å². The molecule has 8 atom stereocenters. The number of Topliss-reactive ketones (excluding diaryl/α,β-unsaturated/α-hetero) is 1. The second-order valence-electron chi connectivity index (χ2n) is 18.9. The van der Waals surface area contributed by atoms with Gasteiger partial charge in [-0.2, -0.15) is 0 Å². The quantitative estimate of drug-likeness (QED) is 0.218. The lowest BCUT2D eigenvalue weighted by Gasteiger charge is -2.70. The van der Waals surface area contributed by atoms with E-state index < -0.39 is 22.8 Å². The molecule has 5 aliphatic carbocycles. The molecule has 0 heterocycles. The van der Waals surface area contributed by atoms with E-state index in [4.69, 9.17) is 4.74 Å². The van der Waals surface area contributed by atoms with E-state index in [0.29, 0.717) is 23.9 Å². The fourth-order valence-corrected chi connectivity index (χ4v) is 12.4. The largest absolute Gasteiger partial charge is 0.481 e. The Balaban J connectivity index is 1.33. The highest BCUT2D eigenvalue weighted by Crippen LogP contribution is 2.76. The average molecular weight is 692 g/mol. The van der Waals surface area contributed by atoms with Crippen LogP contribution in [-0.2, 0) is 23.9 Å². The summed E-state index contributed by atoms with van der Waals surface area (Å²) in [6, 6.07) is 5.86. The molecule has 50 heavy (non-hydrogen) atoms. The zero-order valence-corrected chi connectivity index (χ0v) is 31.6. The first-order valence-corrected chi connectivity index (χ1v) is 18.9. The number of amides is 1. The van der Waals surface area contributed by atoms with Crippen LogP contribution in [0.15, 0.2) is 35.4 Å². The number of hydrogen-bond donors (Lipinski definition) is 2. The van der Waals surface area contributed by atoms with Gasteiger partial charge in [0.2, 0.25) is 5.91 Å². The van der Waals surface area contributed by atoms with Crippen molar-refractivity contribution in [2.75, 3.05) is 5.32 Å². The van der Waals surface area contributed by atoms with E-state index in [1.54, 1.807) is 26.0 Å². The number of hydrogen-bond acceptors (Lipinski definition) is 5. The number of aliphatic carboxylic acids is 1. The highest BCUT2D eigenvalue weighted by Gasteiger charge is 2.69. The van der Waals surface area contributed by atoms with Gasteiger partial charge in [0, 0.05) is 23.4 Å². The van der Waals surface area contributed by atoms with E-state index in [2.05, 4.69) is 53.8 Å². The first-order chi connectivity index (χ1) is 23.1. The second kappa shape index (κ2) is 12.0. The minimum absolute atomic E-state index is 0.0103. The molecule has 2 N–H and O–H groups in total. The number of nitrogens with one attached hydrogen (secondary N) is 1. The number of fused-ring (bicyclic) bond motifs is 6. The molecule has 3 unspecified atom stereocenters. The van der Waals surface area contributed by atoms with Gasteiger partial charge in [0.05, 0.1) is 17.3 Å². The van der Waals surface area contributed by atoms with Gasteiger partial charge in [-0.1, -0.05) is 54.0 Å². The molecule has 6 rings (SSSR count). The van der Waals surface area contributed by atoms with Gasteiger partial charge in [0.25, 0.3) is 0 Å². The predicted octanol–water partition coefficient (Wildman–Crippen LogP) is 9.16. The van der Waals surface area contributed by atoms with Crippen molar-refractivity contribution in [2.45, 2.75) is 133 Å². The Bertz CT molecular complexity index is 1630. The van der Waals surface area contributed by atoms with E-state index in [-0.39, 0.29) is 69.9 Å². The van der Waals surface area contributed by atoms with Gasteiger partial charge in [-0.3, -0.25) is 19.2 Å². The Labute approximate surface area is 297 Å². The lowest BCUT2D eigenvalue weighted by atomic mass is 9.34. The molecule has 1 aromatic rings. The van der Waals surface area contributed by atoms with Crippen LogP contribution >= 0.6 is 0 Å². The molecular weight excluding hydrogens is 633 g/mol. The Morgan fingerprint density at radius 2 is 1.62 bits per heavy atom. The third-order valence-corrected chi connectivity index (χ3v) is 15.3. The van der Waals surface area contributed by atoms with Crippen molar-refractivity contribution < 1.29 is 33.4 Å². The molecule has 8 heteroatoms. The third-order valence-electron chi connectivity index (χ3n) is 15.3. The average Bonchev–Trinajstić information content (AvgIpc) is 3.33. The maximum atomic E-state index is 14.4. The maximum Gasteiger partial charge on any atom is 0.309 e. The van der Waals surface area contributed by atoms with Gasteiger partial charge in [-0.25, -0.2) is 4.39 Å². The van der Waals surface area contributed by atoms with Crippen LogP contribution in [0.3, 0.4) is 0 Å². The van der Waals surface area contributed by atoms with Crippen molar-refractivity contribution in [3.8, 4) is 0 Å². The summed E-state index contributed by atoms with van der Waals surface area (Å²) < 4.78 is 19.8. The molecule has 1 amide bonds. The third kappa shape index (κ3) is 5.31. The highest BCUT2D eigenvalue weighted by atomic mass is 19.1. The fraction of sp³-hybridized carbons (Fsp3) is 0.714. The van der Waals surface area contributed by atoms with Crippen LogP contribution in [0, 0.1) is 62.0 Å². The highest BCUT2D eigenvalue weighted by molar-refractivity contribution is 6.05. The van der Waals surface area contributed by atoms with Crippen molar-refractivity contribution >= 4 is 29.3 Å². The molecule has 274 valence electrons. The topological polar surface area (TPSA) is 110 Å². The van der Waals surface area contributed by atoms with Crippen LogP contribution in [0.1, 0.15) is 127 Å². The van der Waals surface area contributed by atoms with Crippen molar-refractivity contribution in [2.24, 2.45) is 56.2 Å². The summed E-state index contributed by atoms with van der Waals surface area (Å²) in [5.41, 5.74) is 0.402. The van der Waals surface area contributed by atoms with E-state index >= 15 is 0 Å². The van der Waals surface area contributed by atoms with Gasteiger partial charge in [-0.05, 0) is 129 Å². The number of halogens is 1. The Kier molecular flexibility index (Phi) is 8.83. The van der Waals surface area contributed by atoms with Crippen LogP contribution < -0.4 is 5.32 Å². The number of rotatable bonds is 7. The van der Waals surface area contributed by atoms with Crippen LogP contribution in [-0.4, -0.2) is 34.8 Å². The molecule has 4 saturated carbocycles. The molecule has 7 nitrogen and oxygen atoms in total. The monoisotopic (exact) mass is 691 g/mol. The number of ether oxygens (including phenoxy) is 1. The number of carbonyl (C=O) groups is 4. The lowest BCUT2D eigenvalue weighted by Crippen LogP contribution is -2.64. The summed E-state index contributed by atoms with van der Waals surface area (Å²) in [6.07, 6.45) is 6.76. The summed E-state index contributed by atoms with van der Waals surface area (Å²) in [4.78, 5) is 53.1. The van der Waals surface area contributed by atoms with Crippen LogP contribution in [0.5, 0.6) is 0 Å².